The Bertz CT molecular complexity index is 896. The highest BCUT2D eigenvalue weighted by Crippen LogP contribution is 2.66. The van der Waals surface area contributed by atoms with Crippen molar-refractivity contribution in [2.24, 2.45) is 35.0 Å². The molecule has 6 aliphatic carbocycles. The predicted octanol–water partition coefficient (Wildman–Crippen LogP) is 5.37. The second-order valence-corrected chi connectivity index (χ2v) is 11.9. The first-order valence-electron chi connectivity index (χ1n) is 12.4. The Morgan fingerprint density at radius 2 is 1.74 bits per heavy atom. The Labute approximate surface area is 184 Å². The van der Waals surface area contributed by atoms with Crippen LogP contribution in [0.25, 0.3) is 0 Å². The summed E-state index contributed by atoms with van der Waals surface area (Å²) in [5.74, 6) is 3.92. The molecule has 0 aliphatic heterocycles. The maximum Gasteiger partial charge on any atom is 0.269 e. The highest BCUT2D eigenvalue weighted by molar-refractivity contribution is 5.84. The zero-order chi connectivity index (χ0) is 21.4. The second kappa shape index (κ2) is 6.79. The van der Waals surface area contributed by atoms with E-state index in [1.165, 1.54) is 37.7 Å². The van der Waals surface area contributed by atoms with Crippen molar-refractivity contribution in [3.63, 3.8) is 0 Å². The number of hydrogen-bond donors (Lipinski definition) is 1. The lowest BCUT2D eigenvalue weighted by Gasteiger charge is -2.61. The molecule has 1 aromatic carbocycles. The highest BCUT2D eigenvalue weighted by Gasteiger charge is 2.61. The van der Waals surface area contributed by atoms with Crippen molar-refractivity contribution in [3.05, 3.63) is 39.9 Å². The highest BCUT2D eigenvalue weighted by atomic mass is 16.6. The van der Waals surface area contributed by atoms with E-state index in [9.17, 15) is 14.9 Å². The molecule has 0 spiro atoms. The van der Waals surface area contributed by atoms with Gasteiger partial charge in [0, 0.05) is 18.2 Å². The van der Waals surface area contributed by atoms with E-state index in [0.29, 0.717) is 23.7 Å². The molecule has 0 radical (unpaired) electrons. The van der Waals surface area contributed by atoms with Gasteiger partial charge in [0.15, 0.2) is 0 Å². The topological polar surface area (TPSA) is 72.2 Å². The molecule has 0 aromatic heterocycles. The lowest BCUT2D eigenvalue weighted by atomic mass is 9.42. The van der Waals surface area contributed by atoms with E-state index < -0.39 is 0 Å². The van der Waals surface area contributed by atoms with Crippen LogP contribution in [0.4, 0.5) is 5.69 Å². The van der Waals surface area contributed by atoms with Gasteiger partial charge in [0.2, 0.25) is 5.91 Å². The van der Waals surface area contributed by atoms with Crippen LogP contribution < -0.4 is 5.32 Å². The van der Waals surface area contributed by atoms with E-state index in [0.717, 1.165) is 43.9 Å². The molecular formula is C26H34N2O3. The standard InChI is InChI=1S/C26H34N2O3/c1-16(23-10-17-2-3-20(23)9-17)27-24(29)26-13-18-8-19(14-26)12-25(11-18,15-26)21-4-6-22(7-5-21)28(30)31/h4-7,16-20,23H,2-3,8-15H2,1H3,(H,27,29)/t16-,17-,18-,19+,20-,23-,25?,26?/m0/s1. The first-order valence-corrected chi connectivity index (χ1v) is 12.4. The molecular weight excluding hydrogens is 388 g/mol. The minimum Gasteiger partial charge on any atom is -0.353 e. The molecule has 6 bridgehead atoms. The number of nitro benzene ring substituents is 1. The lowest BCUT2D eigenvalue weighted by Crippen LogP contribution is -2.60. The summed E-state index contributed by atoms with van der Waals surface area (Å²) in [4.78, 5) is 24.6. The van der Waals surface area contributed by atoms with Gasteiger partial charge in [-0.1, -0.05) is 18.6 Å². The van der Waals surface area contributed by atoms with Crippen molar-refractivity contribution in [1.29, 1.82) is 0 Å². The summed E-state index contributed by atoms with van der Waals surface area (Å²) in [7, 11) is 0. The first-order chi connectivity index (χ1) is 14.9. The number of hydrogen-bond acceptors (Lipinski definition) is 3. The Morgan fingerprint density at radius 3 is 2.32 bits per heavy atom. The van der Waals surface area contributed by atoms with Gasteiger partial charge in [-0.15, -0.1) is 0 Å². The van der Waals surface area contributed by atoms with Crippen LogP contribution in [0, 0.1) is 45.1 Å². The van der Waals surface area contributed by atoms with Crippen LogP contribution in [0.2, 0.25) is 0 Å². The summed E-state index contributed by atoms with van der Waals surface area (Å²) < 4.78 is 0. The average molecular weight is 423 g/mol. The van der Waals surface area contributed by atoms with Gasteiger partial charge in [0.25, 0.3) is 5.69 Å². The largest absolute Gasteiger partial charge is 0.353 e. The summed E-state index contributed by atoms with van der Waals surface area (Å²) in [6.07, 6.45) is 11.9. The zero-order valence-electron chi connectivity index (χ0n) is 18.5. The Morgan fingerprint density at radius 1 is 1.03 bits per heavy atom. The number of nitro groups is 1. The van der Waals surface area contributed by atoms with Crippen LogP contribution in [0.1, 0.15) is 76.7 Å². The minimum absolute atomic E-state index is 0.0201. The third-order valence-corrected chi connectivity index (χ3v) is 10.0. The number of fused-ring (bicyclic) bond motifs is 2. The number of nitrogens with one attached hydrogen (secondary N) is 1. The van der Waals surface area contributed by atoms with Gasteiger partial charge in [0.1, 0.15) is 0 Å². The summed E-state index contributed by atoms with van der Waals surface area (Å²) in [6, 6.07) is 7.52. The van der Waals surface area contributed by atoms with Crippen molar-refractivity contribution in [3.8, 4) is 0 Å². The summed E-state index contributed by atoms with van der Waals surface area (Å²) in [6.45, 7) is 2.25. The molecule has 0 saturated heterocycles. The quantitative estimate of drug-likeness (QED) is 0.512. The van der Waals surface area contributed by atoms with Crippen molar-refractivity contribution < 1.29 is 9.72 Å². The molecule has 1 N–H and O–H groups in total. The molecule has 5 heteroatoms. The Balaban J connectivity index is 1.24. The van der Waals surface area contributed by atoms with Crippen LogP contribution in [-0.4, -0.2) is 16.9 Å². The zero-order valence-corrected chi connectivity index (χ0v) is 18.5. The van der Waals surface area contributed by atoms with Crippen LogP contribution in [-0.2, 0) is 10.2 Å². The molecule has 6 fully saturated rings. The van der Waals surface area contributed by atoms with Gasteiger partial charge in [-0.3, -0.25) is 14.9 Å². The van der Waals surface area contributed by atoms with E-state index in [4.69, 9.17) is 0 Å². The molecule has 7 rings (SSSR count). The summed E-state index contributed by atoms with van der Waals surface area (Å²) >= 11 is 0. The van der Waals surface area contributed by atoms with Crippen LogP contribution in [0.3, 0.4) is 0 Å². The number of carbonyl (C=O) groups is 1. The van der Waals surface area contributed by atoms with E-state index in [1.807, 2.05) is 12.1 Å². The van der Waals surface area contributed by atoms with E-state index in [2.05, 4.69) is 12.2 Å². The molecule has 1 amide bonds. The molecule has 0 heterocycles. The van der Waals surface area contributed by atoms with E-state index in [1.54, 1.807) is 12.1 Å². The number of nitrogens with zero attached hydrogens (tertiary/aromatic N) is 1. The number of carbonyl (C=O) groups excluding carboxylic acids is 1. The van der Waals surface area contributed by atoms with Crippen molar-refractivity contribution in [1.82, 2.24) is 5.32 Å². The molecule has 6 aliphatic rings. The monoisotopic (exact) mass is 422 g/mol. The van der Waals surface area contributed by atoms with Crippen LogP contribution in [0.5, 0.6) is 0 Å². The summed E-state index contributed by atoms with van der Waals surface area (Å²) in [5, 5.41) is 14.6. The fourth-order valence-electron chi connectivity index (χ4n) is 9.18. The molecule has 6 saturated carbocycles. The number of non-ortho nitro benzene ring substituents is 1. The Hall–Kier alpha value is -1.91. The van der Waals surface area contributed by atoms with Crippen molar-refractivity contribution in [2.45, 2.75) is 82.6 Å². The third kappa shape index (κ3) is 3.06. The predicted molar refractivity (Wildman–Crippen MR) is 118 cm³/mol. The summed E-state index contributed by atoms with van der Waals surface area (Å²) in [5.41, 5.74) is 1.15. The number of amides is 1. The van der Waals surface area contributed by atoms with E-state index in [-0.39, 0.29) is 27.5 Å². The Kier molecular flexibility index (Phi) is 4.33. The van der Waals surface area contributed by atoms with Crippen LogP contribution in [0.15, 0.2) is 24.3 Å². The molecule has 2 unspecified atom stereocenters. The number of benzene rings is 1. The fourth-order valence-corrected chi connectivity index (χ4v) is 9.18. The molecule has 8 atom stereocenters. The maximum absolute atomic E-state index is 13.8. The lowest BCUT2D eigenvalue weighted by molar-refractivity contribution is -0.384. The van der Waals surface area contributed by atoms with Crippen molar-refractivity contribution >= 4 is 11.6 Å². The second-order valence-electron chi connectivity index (χ2n) is 11.9. The van der Waals surface area contributed by atoms with Gasteiger partial charge < -0.3 is 5.32 Å². The van der Waals surface area contributed by atoms with Crippen molar-refractivity contribution in [2.75, 3.05) is 0 Å². The van der Waals surface area contributed by atoms with Gasteiger partial charge in [-0.2, -0.15) is 0 Å². The van der Waals surface area contributed by atoms with Gasteiger partial charge in [-0.05, 0) is 105 Å². The molecule has 31 heavy (non-hydrogen) atoms. The SMILES string of the molecule is C[C@H](NC(=O)C12C[C@H]3C[C@@H](C1)CC(c1ccc([N+](=O)[O-])cc1)(C3)C2)[C@@H]1C[C@H]2CC[C@H]1C2. The van der Waals surface area contributed by atoms with Crippen LogP contribution >= 0.6 is 0 Å². The van der Waals surface area contributed by atoms with Gasteiger partial charge >= 0.3 is 0 Å². The van der Waals surface area contributed by atoms with Gasteiger partial charge in [0.05, 0.1) is 10.3 Å². The van der Waals surface area contributed by atoms with Gasteiger partial charge in [-0.25, -0.2) is 0 Å². The molecule has 5 nitrogen and oxygen atoms in total. The fraction of sp³-hybridized carbons (Fsp3) is 0.731. The normalized spacial score (nSPS) is 43.2. The number of rotatable bonds is 5. The smallest absolute Gasteiger partial charge is 0.269 e. The third-order valence-electron chi connectivity index (χ3n) is 10.0. The molecule has 1 aromatic rings. The average Bonchev–Trinajstić information content (AvgIpc) is 3.36. The maximum atomic E-state index is 13.8. The minimum atomic E-state index is -0.324. The first kappa shape index (κ1) is 19.8. The van der Waals surface area contributed by atoms with E-state index >= 15 is 0 Å². The molecule has 166 valence electrons.